The van der Waals surface area contributed by atoms with E-state index in [9.17, 15) is 9.18 Å². The lowest BCUT2D eigenvalue weighted by Gasteiger charge is -2.23. The Balaban J connectivity index is 2.38. The summed E-state index contributed by atoms with van der Waals surface area (Å²) in [5.74, 6) is -0.835. The molecule has 1 aliphatic heterocycles. The molecule has 0 saturated carbocycles. The average molecular weight is 251 g/mol. The highest BCUT2D eigenvalue weighted by atomic mass is 19.1. The van der Waals surface area contributed by atoms with Crippen LogP contribution in [-0.4, -0.2) is 18.1 Å². The first-order chi connectivity index (χ1) is 8.37. The maximum atomic E-state index is 13.5. The van der Waals surface area contributed by atoms with Crippen LogP contribution in [-0.2, 0) is 17.7 Å². The third kappa shape index (κ3) is 2.88. The molecule has 1 aliphatic rings. The summed E-state index contributed by atoms with van der Waals surface area (Å²) >= 11 is 0. The van der Waals surface area contributed by atoms with Gasteiger partial charge < -0.3 is 10.1 Å². The number of benzene rings is 1. The van der Waals surface area contributed by atoms with E-state index in [1.54, 1.807) is 20.8 Å². The fourth-order valence-electron chi connectivity index (χ4n) is 2.08. The summed E-state index contributed by atoms with van der Waals surface area (Å²) in [6, 6.07) is 2.77. The molecular formula is C14H18FNO2. The van der Waals surface area contributed by atoms with E-state index in [0.717, 1.165) is 24.1 Å². The molecular weight excluding hydrogens is 233 g/mol. The van der Waals surface area contributed by atoms with E-state index in [4.69, 9.17) is 4.74 Å². The van der Waals surface area contributed by atoms with Gasteiger partial charge in [-0.15, -0.1) is 0 Å². The van der Waals surface area contributed by atoms with E-state index >= 15 is 0 Å². The second-order valence-electron chi connectivity index (χ2n) is 5.52. The number of nitrogens with one attached hydrogen (secondary N) is 1. The molecule has 18 heavy (non-hydrogen) atoms. The summed E-state index contributed by atoms with van der Waals surface area (Å²) in [5.41, 5.74) is 1.52. The molecule has 0 aliphatic carbocycles. The van der Waals surface area contributed by atoms with Gasteiger partial charge in [0.2, 0.25) is 0 Å². The highest BCUT2D eigenvalue weighted by Crippen LogP contribution is 2.23. The lowest BCUT2D eigenvalue weighted by molar-refractivity contribution is 0.00673. The number of halogens is 1. The van der Waals surface area contributed by atoms with Crippen LogP contribution >= 0.6 is 0 Å². The standard InChI is InChI=1S/C14H18FNO2/c1-14(2,3)18-13(17)11-7-10(15)6-9-4-5-16-8-12(9)11/h6-7,16H,4-5,8H2,1-3H3. The van der Waals surface area contributed by atoms with E-state index in [-0.39, 0.29) is 5.82 Å². The molecule has 1 aromatic rings. The third-order valence-electron chi connectivity index (χ3n) is 2.80. The fourth-order valence-corrected chi connectivity index (χ4v) is 2.08. The Morgan fingerprint density at radius 2 is 2.11 bits per heavy atom. The van der Waals surface area contributed by atoms with E-state index in [1.165, 1.54) is 12.1 Å². The predicted octanol–water partition coefficient (Wildman–Crippen LogP) is 2.43. The van der Waals surface area contributed by atoms with Gasteiger partial charge in [-0.05, 0) is 57.0 Å². The first kappa shape index (κ1) is 13.0. The van der Waals surface area contributed by atoms with Crippen LogP contribution in [0.5, 0.6) is 0 Å². The molecule has 0 aromatic heterocycles. The van der Waals surface area contributed by atoms with E-state index in [2.05, 4.69) is 5.32 Å². The van der Waals surface area contributed by atoms with Crippen LogP contribution in [0, 0.1) is 5.82 Å². The quantitative estimate of drug-likeness (QED) is 0.779. The molecule has 0 atom stereocenters. The van der Waals surface area contributed by atoms with Crippen LogP contribution < -0.4 is 5.32 Å². The van der Waals surface area contributed by atoms with E-state index < -0.39 is 11.6 Å². The lowest BCUT2D eigenvalue weighted by atomic mass is 9.95. The molecule has 98 valence electrons. The smallest absolute Gasteiger partial charge is 0.339 e. The molecule has 1 aromatic carbocycles. The largest absolute Gasteiger partial charge is 0.456 e. The Hall–Kier alpha value is -1.42. The SMILES string of the molecule is CC(C)(C)OC(=O)c1cc(F)cc2c1CNCC2. The van der Waals surface area contributed by atoms with Crippen molar-refractivity contribution in [1.29, 1.82) is 0 Å². The van der Waals surface area contributed by atoms with Gasteiger partial charge in [0, 0.05) is 6.54 Å². The molecule has 0 bridgehead atoms. The van der Waals surface area contributed by atoms with E-state index in [0.29, 0.717) is 12.1 Å². The minimum Gasteiger partial charge on any atom is -0.456 e. The van der Waals surface area contributed by atoms with Crippen molar-refractivity contribution in [3.63, 3.8) is 0 Å². The van der Waals surface area contributed by atoms with Gasteiger partial charge in [-0.25, -0.2) is 9.18 Å². The number of ether oxygens (including phenoxy) is 1. The van der Waals surface area contributed by atoms with Crippen LogP contribution in [0.3, 0.4) is 0 Å². The van der Waals surface area contributed by atoms with Crippen molar-refractivity contribution in [2.75, 3.05) is 6.54 Å². The van der Waals surface area contributed by atoms with Crippen LogP contribution in [0.4, 0.5) is 4.39 Å². The molecule has 0 spiro atoms. The molecule has 1 N–H and O–H groups in total. The van der Waals surface area contributed by atoms with Crippen molar-refractivity contribution < 1.29 is 13.9 Å². The molecule has 0 amide bonds. The van der Waals surface area contributed by atoms with Gasteiger partial charge in [0.25, 0.3) is 0 Å². The number of carbonyl (C=O) groups excluding carboxylic acids is 1. The van der Waals surface area contributed by atoms with Crippen molar-refractivity contribution in [2.24, 2.45) is 0 Å². The number of fused-ring (bicyclic) bond motifs is 1. The van der Waals surface area contributed by atoms with Gasteiger partial charge in [-0.1, -0.05) is 0 Å². The van der Waals surface area contributed by atoms with Crippen LogP contribution in [0.1, 0.15) is 42.3 Å². The Bertz CT molecular complexity index is 477. The van der Waals surface area contributed by atoms with Gasteiger partial charge in [-0.2, -0.15) is 0 Å². The zero-order valence-electron chi connectivity index (χ0n) is 11.0. The lowest BCUT2D eigenvalue weighted by Crippen LogP contribution is -2.29. The number of esters is 1. The zero-order chi connectivity index (χ0) is 13.3. The minimum absolute atomic E-state index is 0.340. The van der Waals surface area contributed by atoms with Crippen LogP contribution in [0.25, 0.3) is 0 Å². The summed E-state index contributed by atoms with van der Waals surface area (Å²) in [5, 5.41) is 3.19. The molecule has 4 heteroatoms. The number of carbonyl (C=O) groups is 1. The number of rotatable bonds is 1. The van der Waals surface area contributed by atoms with Crippen molar-refractivity contribution in [3.8, 4) is 0 Å². The number of hydrogen-bond donors (Lipinski definition) is 1. The first-order valence-corrected chi connectivity index (χ1v) is 6.12. The second kappa shape index (κ2) is 4.69. The maximum Gasteiger partial charge on any atom is 0.339 e. The van der Waals surface area contributed by atoms with Crippen molar-refractivity contribution >= 4 is 5.97 Å². The van der Waals surface area contributed by atoms with Gasteiger partial charge in [0.15, 0.2) is 0 Å². The average Bonchev–Trinajstić information content (AvgIpc) is 2.25. The van der Waals surface area contributed by atoms with Gasteiger partial charge in [0.1, 0.15) is 11.4 Å². The predicted molar refractivity (Wildman–Crippen MR) is 67.0 cm³/mol. The Labute approximate surface area is 106 Å². The van der Waals surface area contributed by atoms with Gasteiger partial charge in [-0.3, -0.25) is 0 Å². The van der Waals surface area contributed by atoms with Gasteiger partial charge in [0.05, 0.1) is 5.56 Å². The number of hydrogen-bond acceptors (Lipinski definition) is 3. The van der Waals surface area contributed by atoms with Crippen molar-refractivity contribution in [3.05, 3.63) is 34.6 Å². The van der Waals surface area contributed by atoms with Crippen molar-refractivity contribution in [1.82, 2.24) is 5.32 Å². The van der Waals surface area contributed by atoms with Crippen LogP contribution in [0.2, 0.25) is 0 Å². The summed E-state index contributed by atoms with van der Waals surface area (Å²) in [7, 11) is 0. The first-order valence-electron chi connectivity index (χ1n) is 6.12. The zero-order valence-corrected chi connectivity index (χ0v) is 11.0. The minimum atomic E-state index is -0.571. The van der Waals surface area contributed by atoms with Crippen LogP contribution in [0.15, 0.2) is 12.1 Å². The third-order valence-corrected chi connectivity index (χ3v) is 2.80. The van der Waals surface area contributed by atoms with Crippen molar-refractivity contribution in [2.45, 2.75) is 39.3 Å². The summed E-state index contributed by atoms with van der Waals surface area (Å²) in [4.78, 5) is 12.1. The summed E-state index contributed by atoms with van der Waals surface area (Å²) < 4.78 is 18.8. The monoisotopic (exact) mass is 251 g/mol. The molecule has 0 saturated heterocycles. The normalized spacial score (nSPS) is 15.1. The molecule has 0 unspecified atom stereocenters. The van der Waals surface area contributed by atoms with Gasteiger partial charge >= 0.3 is 5.97 Å². The Kier molecular flexibility index (Phi) is 3.39. The van der Waals surface area contributed by atoms with E-state index in [1.807, 2.05) is 0 Å². The molecule has 3 nitrogen and oxygen atoms in total. The molecule has 0 radical (unpaired) electrons. The molecule has 0 fully saturated rings. The highest BCUT2D eigenvalue weighted by Gasteiger charge is 2.23. The fraction of sp³-hybridized carbons (Fsp3) is 0.500. The topological polar surface area (TPSA) is 38.3 Å². The summed E-state index contributed by atoms with van der Waals surface area (Å²) in [6.07, 6.45) is 0.739. The Morgan fingerprint density at radius 1 is 1.39 bits per heavy atom. The molecule has 2 rings (SSSR count). The highest BCUT2D eigenvalue weighted by molar-refractivity contribution is 5.92. The second-order valence-corrected chi connectivity index (χ2v) is 5.52. The summed E-state index contributed by atoms with van der Waals surface area (Å²) in [6.45, 7) is 6.80. The Morgan fingerprint density at radius 3 is 2.78 bits per heavy atom. The molecule has 1 heterocycles. The maximum absolute atomic E-state index is 13.5.